The fourth-order valence-electron chi connectivity index (χ4n) is 9.44. The first-order valence-electron chi connectivity index (χ1n) is 21.1. The maximum Gasteiger partial charge on any atom is 0.451 e. The van der Waals surface area contributed by atoms with Gasteiger partial charge in [0.25, 0.3) is 0 Å². The summed E-state index contributed by atoms with van der Waals surface area (Å²) in [6.07, 6.45) is 9.67. The molecule has 9 atom stereocenters. The van der Waals surface area contributed by atoms with E-state index >= 15 is 0 Å². The van der Waals surface area contributed by atoms with Gasteiger partial charge < -0.3 is 76.6 Å². The Kier molecular flexibility index (Phi) is 26.5. The van der Waals surface area contributed by atoms with Gasteiger partial charge in [0.1, 0.15) is 16.6 Å². The molecule has 3 aliphatic carbocycles. The Morgan fingerprint density at radius 3 is 1.00 bits per heavy atom. The summed E-state index contributed by atoms with van der Waals surface area (Å²) in [7, 11) is 10.5. The van der Waals surface area contributed by atoms with E-state index in [4.69, 9.17) is 56.8 Å². The molecule has 60 heavy (non-hydrogen) atoms. The van der Waals surface area contributed by atoms with Gasteiger partial charge in [-0.1, -0.05) is 26.7 Å². The Morgan fingerprint density at radius 2 is 0.783 bits per heavy atom. The van der Waals surface area contributed by atoms with E-state index in [9.17, 15) is 19.5 Å². The monoisotopic (exact) mass is 861 g/mol. The molecular weight excluding hydrogens is 777 g/mol. The second kappa shape index (κ2) is 27.3. The predicted molar refractivity (Wildman–Crippen MR) is 236 cm³/mol. The number of nitrogens with zero attached hydrogens (tertiary/aromatic N) is 3. The summed E-state index contributed by atoms with van der Waals surface area (Å²) in [4.78, 5) is 41.7. The number of rotatable bonds is 18. The van der Waals surface area contributed by atoms with Crippen molar-refractivity contribution in [2.75, 3.05) is 76.1 Å². The summed E-state index contributed by atoms with van der Waals surface area (Å²) < 4.78 is 9.79. The molecule has 0 aromatic heterocycles. The number of carbonyl (C=O) groups excluding carboxylic acids is 2. The molecule has 0 saturated heterocycles. The van der Waals surface area contributed by atoms with Crippen LogP contribution in [0.3, 0.4) is 0 Å². The molecule has 3 aliphatic rings. The summed E-state index contributed by atoms with van der Waals surface area (Å²) in [5, 5.41) is 63.1. The summed E-state index contributed by atoms with van der Waals surface area (Å²) in [5.74, 6) is -0.971. The lowest BCUT2D eigenvalue weighted by atomic mass is 9.66. The van der Waals surface area contributed by atoms with Gasteiger partial charge in [-0.05, 0) is 137 Å². The molecule has 0 aliphatic heterocycles. The zero-order chi connectivity index (χ0) is 45.3. The van der Waals surface area contributed by atoms with Crippen LogP contribution in [-0.4, -0.2) is 182 Å². The molecule has 3 saturated carbocycles. The first-order chi connectivity index (χ1) is 27.3. The zero-order valence-electron chi connectivity index (χ0n) is 37.2. The van der Waals surface area contributed by atoms with Crippen molar-refractivity contribution in [1.82, 2.24) is 14.7 Å². The van der Waals surface area contributed by atoms with E-state index < -0.39 is 43.9 Å². The zero-order valence-corrected chi connectivity index (χ0v) is 37.2. The first kappa shape index (κ1) is 58.1. The molecule has 0 unspecified atom stereocenters. The van der Waals surface area contributed by atoms with Crippen molar-refractivity contribution in [3.63, 3.8) is 0 Å². The van der Waals surface area contributed by atoms with Crippen molar-refractivity contribution >= 4 is 39.3 Å². The highest BCUT2D eigenvalue weighted by Gasteiger charge is 2.49. The average Bonchev–Trinajstić information content (AvgIpc) is 3.14. The molecule has 0 aromatic rings. The van der Waals surface area contributed by atoms with Crippen LogP contribution in [0, 0.1) is 35.5 Å². The van der Waals surface area contributed by atoms with Gasteiger partial charge in [-0.2, -0.15) is 0 Å². The third-order valence-electron chi connectivity index (χ3n) is 12.6. The van der Waals surface area contributed by atoms with Crippen LogP contribution in [0.15, 0.2) is 0 Å². The number of ether oxygens (including phenoxy) is 2. The van der Waals surface area contributed by atoms with Crippen LogP contribution in [0.4, 0.5) is 0 Å². The number of nitrogens with two attached hydrogens (primary N) is 3. The summed E-state index contributed by atoms with van der Waals surface area (Å²) >= 11 is 0. The quantitative estimate of drug-likeness (QED) is 0.0622. The lowest BCUT2D eigenvalue weighted by molar-refractivity contribution is -0.153. The van der Waals surface area contributed by atoms with Crippen LogP contribution < -0.4 is 17.2 Å². The molecule has 0 heterocycles. The molecule has 21 heteroatoms. The number of hydrogen-bond acceptors (Lipinski definition) is 17. The number of esters is 2. The Morgan fingerprint density at radius 1 is 0.533 bits per heavy atom. The van der Waals surface area contributed by atoms with Crippen molar-refractivity contribution in [2.45, 2.75) is 120 Å². The second-order valence-corrected chi connectivity index (χ2v) is 18.4. The highest BCUT2D eigenvalue weighted by molar-refractivity contribution is 6.41. The molecule has 0 aromatic carbocycles. The summed E-state index contributed by atoms with van der Waals surface area (Å²) in [6.45, 7) is 2.17. The van der Waals surface area contributed by atoms with Crippen molar-refractivity contribution in [2.24, 2.45) is 52.7 Å². The van der Waals surface area contributed by atoms with E-state index in [-0.39, 0.29) is 61.2 Å². The Hall–Kier alpha value is -1.88. The first-order valence-corrected chi connectivity index (χ1v) is 21.1. The smallest absolute Gasteiger partial charge is 0.451 e. The third kappa shape index (κ3) is 18.8. The van der Waals surface area contributed by atoms with Crippen molar-refractivity contribution in [3.8, 4) is 0 Å². The van der Waals surface area contributed by atoms with Gasteiger partial charge in [-0.25, -0.2) is 0 Å². The van der Waals surface area contributed by atoms with Gasteiger partial charge in [0.2, 0.25) is 0 Å². The van der Waals surface area contributed by atoms with Gasteiger partial charge in [-0.15, -0.1) is 0 Å². The van der Waals surface area contributed by atoms with Crippen LogP contribution in [0.2, 0.25) is 19.0 Å². The van der Waals surface area contributed by atoms with Crippen molar-refractivity contribution in [3.05, 3.63) is 0 Å². The largest absolute Gasteiger partial charge is 0.480 e. The Labute approximate surface area is 361 Å². The topological polar surface area (TPSA) is 299 Å². The second-order valence-electron chi connectivity index (χ2n) is 18.4. The van der Waals surface area contributed by atoms with Crippen molar-refractivity contribution < 1.29 is 59.1 Å². The van der Waals surface area contributed by atoms with E-state index in [0.29, 0.717) is 57.7 Å². The van der Waals surface area contributed by atoms with E-state index in [2.05, 4.69) is 0 Å². The summed E-state index contributed by atoms with van der Waals surface area (Å²) in [5.41, 5.74) is 15.8. The minimum absolute atomic E-state index is 0. The SMILES string of the molecule is C.CN(C)C[C@@H]1CC[C@@H](CCB(O)O)C[C@]1(N)C(=O)O.COC(=O)[C@@]1(N)C[C@H](CCB(O)O)CC[C@H]1CN(C)C.COC(=O)[C@@]1(N)C[C@H](CCB(O)O)CC[C@H]1CN(C)C. The van der Waals surface area contributed by atoms with E-state index in [0.717, 1.165) is 51.6 Å². The fraction of sp³-hybridized carbons (Fsp3) is 0.923. The standard InChI is InChI=1S/2C13H27BN2O4.C12H25BN2O4.CH4/c2*1-16(2)9-11-5-4-10(6-7-14(18)19)8-13(11,15)12(17)20-3;1-15(2)8-10-4-3-9(5-6-13(18)19)7-12(10,14)11(16)17;/h2*10-11,18-19H,4-9,15H2,1-3H3;9-10,18-19H,3-8,14H2,1-2H3,(H,16,17);1H4/t2*10-,11-,13+;9-,10-,12+;/m000./s1. The molecule has 0 bridgehead atoms. The predicted octanol–water partition coefficient (Wildman–Crippen LogP) is -0.359. The lowest BCUT2D eigenvalue weighted by Crippen LogP contribution is -2.60. The molecule has 3 fully saturated rings. The molecule has 0 radical (unpaired) electrons. The number of aliphatic carboxylic acids is 1. The van der Waals surface area contributed by atoms with Crippen LogP contribution in [0.25, 0.3) is 0 Å². The normalized spacial score (nSPS) is 30.2. The molecule has 18 nitrogen and oxygen atoms in total. The molecule has 350 valence electrons. The number of hydrogen-bond donors (Lipinski definition) is 10. The van der Waals surface area contributed by atoms with Gasteiger partial charge in [-0.3, -0.25) is 14.4 Å². The Bertz CT molecular complexity index is 1200. The number of carboxylic acid groups (broad SMARTS) is 1. The molecule has 13 N–H and O–H groups in total. The molecule has 3 rings (SSSR count). The van der Waals surface area contributed by atoms with Gasteiger partial charge in [0, 0.05) is 37.4 Å². The molecular formula is C39H83B3N6O12. The van der Waals surface area contributed by atoms with Gasteiger partial charge in [0.05, 0.1) is 14.2 Å². The highest BCUT2D eigenvalue weighted by Crippen LogP contribution is 2.41. The fourth-order valence-corrected chi connectivity index (χ4v) is 9.44. The molecule has 0 amide bonds. The maximum absolute atomic E-state index is 12.1. The maximum atomic E-state index is 12.1. The van der Waals surface area contributed by atoms with Gasteiger partial charge >= 0.3 is 39.3 Å². The minimum Gasteiger partial charge on any atom is -0.480 e. The minimum atomic E-state index is -1.32. The van der Waals surface area contributed by atoms with Gasteiger partial charge in [0.15, 0.2) is 0 Å². The van der Waals surface area contributed by atoms with E-state index in [1.165, 1.54) is 14.2 Å². The van der Waals surface area contributed by atoms with E-state index in [1.54, 1.807) is 0 Å². The highest BCUT2D eigenvalue weighted by atomic mass is 16.5. The number of carboxylic acids is 1. The van der Waals surface area contributed by atoms with Crippen LogP contribution >= 0.6 is 0 Å². The Balaban J connectivity index is 0.000000863. The van der Waals surface area contributed by atoms with Crippen molar-refractivity contribution in [1.29, 1.82) is 0 Å². The number of carbonyl (C=O) groups is 3. The number of methoxy groups -OCH3 is 2. The van der Waals surface area contributed by atoms with Crippen LogP contribution in [0.1, 0.15) is 84.5 Å². The summed E-state index contributed by atoms with van der Waals surface area (Å²) in [6, 6.07) is 0. The van der Waals surface area contributed by atoms with Crippen LogP contribution in [0.5, 0.6) is 0 Å². The lowest BCUT2D eigenvalue weighted by Gasteiger charge is -2.43. The molecule has 0 spiro atoms. The van der Waals surface area contributed by atoms with E-state index in [1.807, 2.05) is 57.0 Å². The average molecular weight is 861 g/mol. The third-order valence-corrected chi connectivity index (χ3v) is 12.6. The van der Waals surface area contributed by atoms with Crippen LogP contribution in [-0.2, 0) is 23.9 Å².